The van der Waals surface area contributed by atoms with Gasteiger partial charge in [0.1, 0.15) is 5.75 Å². The highest BCUT2D eigenvalue weighted by Gasteiger charge is 2.05. The molecule has 0 radical (unpaired) electrons. The van der Waals surface area contributed by atoms with Gasteiger partial charge in [-0.15, -0.1) is 0 Å². The number of para-hydroxylation sites is 2. The summed E-state index contributed by atoms with van der Waals surface area (Å²) < 4.78 is 5.75. The number of anilines is 1. The van der Waals surface area contributed by atoms with Crippen LogP contribution in [0.2, 0.25) is 0 Å². The summed E-state index contributed by atoms with van der Waals surface area (Å²) in [6, 6.07) is 8.12. The molecule has 1 rings (SSSR count). The molecule has 1 atom stereocenters. The molecule has 0 saturated heterocycles. The largest absolute Gasteiger partial charge is 0.489 e. The van der Waals surface area contributed by atoms with Crippen molar-refractivity contribution in [2.75, 3.05) is 11.9 Å². The van der Waals surface area contributed by atoms with Gasteiger partial charge in [-0.3, -0.25) is 0 Å². The summed E-state index contributed by atoms with van der Waals surface area (Å²) in [6.07, 6.45) is 1.41. The quantitative estimate of drug-likeness (QED) is 0.785. The maximum atomic E-state index is 5.75. The van der Waals surface area contributed by atoms with Crippen LogP contribution in [0, 0.1) is 5.92 Å². The first-order valence-electron chi connectivity index (χ1n) is 6.13. The number of nitrogens with one attached hydrogen (secondary N) is 1. The van der Waals surface area contributed by atoms with Crippen LogP contribution in [0.15, 0.2) is 24.3 Å². The highest BCUT2D eigenvalue weighted by molar-refractivity contribution is 5.56. The molecular formula is C14H23NO. The Morgan fingerprint density at radius 2 is 1.88 bits per heavy atom. The Balaban J connectivity index is 2.63. The lowest BCUT2D eigenvalue weighted by atomic mass is 10.1. The van der Waals surface area contributed by atoms with E-state index < -0.39 is 0 Å². The van der Waals surface area contributed by atoms with Gasteiger partial charge in [-0.2, -0.15) is 0 Å². The van der Waals surface area contributed by atoms with Crippen molar-refractivity contribution in [1.82, 2.24) is 0 Å². The molecule has 1 unspecified atom stereocenters. The smallest absolute Gasteiger partial charge is 0.142 e. The predicted octanol–water partition coefficient (Wildman–Crippen LogP) is 3.93. The summed E-state index contributed by atoms with van der Waals surface area (Å²) in [5, 5.41) is 3.44. The van der Waals surface area contributed by atoms with Crippen molar-refractivity contribution in [2.24, 2.45) is 5.92 Å². The van der Waals surface area contributed by atoms with Crippen LogP contribution in [0.25, 0.3) is 0 Å². The molecule has 0 heterocycles. The Bertz CT molecular complexity index is 309. The molecule has 0 amide bonds. The zero-order valence-electron chi connectivity index (χ0n) is 10.8. The van der Waals surface area contributed by atoms with Crippen LogP contribution >= 0.6 is 0 Å². The number of ether oxygens (including phenoxy) is 1. The zero-order valence-corrected chi connectivity index (χ0v) is 10.8. The molecule has 1 aromatic rings. The first-order chi connectivity index (χ1) is 7.63. The fourth-order valence-electron chi connectivity index (χ4n) is 1.40. The van der Waals surface area contributed by atoms with E-state index in [0.29, 0.717) is 5.92 Å². The molecule has 0 bridgehead atoms. The minimum Gasteiger partial charge on any atom is -0.489 e. The van der Waals surface area contributed by atoms with Crippen LogP contribution in [0.3, 0.4) is 0 Å². The average Bonchev–Trinajstić information content (AvgIpc) is 2.26. The fourth-order valence-corrected chi connectivity index (χ4v) is 1.40. The van der Waals surface area contributed by atoms with E-state index in [1.165, 1.54) is 6.42 Å². The van der Waals surface area contributed by atoms with Gasteiger partial charge in [0.15, 0.2) is 0 Å². The second-order valence-electron chi connectivity index (χ2n) is 4.56. The summed E-state index contributed by atoms with van der Waals surface area (Å²) in [7, 11) is 0. The molecule has 0 fully saturated rings. The van der Waals surface area contributed by atoms with Gasteiger partial charge in [0.05, 0.1) is 11.8 Å². The topological polar surface area (TPSA) is 21.3 Å². The van der Waals surface area contributed by atoms with E-state index in [0.717, 1.165) is 18.0 Å². The number of hydrogen-bond donors (Lipinski definition) is 1. The summed E-state index contributed by atoms with van der Waals surface area (Å²) in [6.45, 7) is 9.55. The molecule has 90 valence electrons. The Hall–Kier alpha value is -1.18. The molecule has 0 spiro atoms. The van der Waals surface area contributed by atoms with Gasteiger partial charge in [0, 0.05) is 6.54 Å². The third kappa shape index (κ3) is 4.13. The standard InChI is InChI=1S/C14H23NO/c1-5-12(4)10-15-13-8-6-7-9-14(13)16-11(2)3/h6-9,11-12,15H,5,10H2,1-4H3. The average molecular weight is 221 g/mol. The van der Waals surface area contributed by atoms with E-state index in [9.17, 15) is 0 Å². The first-order valence-corrected chi connectivity index (χ1v) is 6.13. The van der Waals surface area contributed by atoms with Crippen molar-refractivity contribution < 1.29 is 4.74 Å². The molecular weight excluding hydrogens is 198 g/mol. The molecule has 1 N–H and O–H groups in total. The van der Waals surface area contributed by atoms with Crippen LogP contribution in [-0.2, 0) is 0 Å². The molecule has 2 heteroatoms. The summed E-state index contributed by atoms with van der Waals surface area (Å²) >= 11 is 0. The molecule has 0 aliphatic carbocycles. The van der Waals surface area contributed by atoms with Crippen molar-refractivity contribution >= 4 is 5.69 Å². The molecule has 0 aliphatic heterocycles. The minimum atomic E-state index is 0.214. The van der Waals surface area contributed by atoms with Crippen LogP contribution < -0.4 is 10.1 Å². The van der Waals surface area contributed by atoms with Crippen molar-refractivity contribution in [2.45, 2.75) is 40.2 Å². The van der Waals surface area contributed by atoms with E-state index in [1.54, 1.807) is 0 Å². The second-order valence-corrected chi connectivity index (χ2v) is 4.56. The van der Waals surface area contributed by atoms with Crippen molar-refractivity contribution in [1.29, 1.82) is 0 Å². The van der Waals surface area contributed by atoms with E-state index in [2.05, 4.69) is 25.2 Å². The molecule has 0 saturated carbocycles. The lowest BCUT2D eigenvalue weighted by Crippen LogP contribution is -2.13. The maximum Gasteiger partial charge on any atom is 0.142 e. The molecule has 2 nitrogen and oxygen atoms in total. The van der Waals surface area contributed by atoms with E-state index in [4.69, 9.17) is 4.74 Å². The number of hydrogen-bond acceptors (Lipinski definition) is 2. The van der Waals surface area contributed by atoms with Crippen LogP contribution in [0.5, 0.6) is 5.75 Å². The maximum absolute atomic E-state index is 5.75. The monoisotopic (exact) mass is 221 g/mol. The number of benzene rings is 1. The van der Waals surface area contributed by atoms with Gasteiger partial charge in [0.2, 0.25) is 0 Å². The van der Waals surface area contributed by atoms with Crippen molar-refractivity contribution in [3.05, 3.63) is 24.3 Å². The Kier molecular flexibility index (Phi) is 5.17. The van der Waals surface area contributed by atoms with Crippen LogP contribution in [0.1, 0.15) is 34.1 Å². The fraction of sp³-hybridized carbons (Fsp3) is 0.571. The van der Waals surface area contributed by atoms with Gasteiger partial charge in [-0.05, 0) is 31.9 Å². The minimum absolute atomic E-state index is 0.214. The number of rotatable bonds is 6. The van der Waals surface area contributed by atoms with E-state index >= 15 is 0 Å². The van der Waals surface area contributed by atoms with Gasteiger partial charge in [-0.1, -0.05) is 32.4 Å². The van der Waals surface area contributed by atoms with Crippen LogP contribution in [0.4, 0.5) is 5.69 Å². The van der Waals surface area contributed by atoms with Crippen molar-refractivity contribution in [3.63, 3.8) is 0 Å². The van der Waals surface area contributed by atoms with Crippen LogP contribution in [-0.4, -0.2) is 12.6 Å². The van der Waals surface area contributed by atoms with Gasteiger partial charge >= 0.3 is 0 Å². The van der Waals surface area contributed by atoms with Gasteiger partial charge < -0.3 is 10.1 Å². The Morgan fingerprint density at radius 3 is 2.50 bits per heavy atom. The predicted molar refractivity (Wildman–Crippen MR) is 70.2 cm³/mol. The summed E-state index contributed by atoms with van der Waals surface area (Å²) in [5.41, 5.74) is 1.09. The van der Waals surface area contributed by atoms with E-state index in [-0.39, 0.29) is 6.10 Å². The zero-order chi connectivity index (χ0) is 12.0. The molecule has 16 heavy (non-hydrogen) atoms. The lowest BCUT2D eigenvalue weighted by molar-refractivity contribution is 0.243. The van der Waals surface area contributed by atoms with Crippen molar-refractivity contribution in [3.8, 4) is 5.75 Å². The van der Waals surface area contributed by atoms with Gasteiger partial charge in [0.25, 0.3) is 0 Å². The molecule has 0 aromatic heterocycles. The summed E-state index contributed by atoms with van der Waals surface area (Å²) in [4.78, 5) is 0. The highest BCUT2D eigenvalue weighted by Crippen LogP contribution is 2.25. The Morgan fingerprint density at radius 1 is 1.19 bits per heavy atom. The third-order valence-corrected chi connectivity index (χ3v) is 2.59. The highest BCUT2D eigenvalue weighted by atomic mass is 16.5. The Labute approximate surface area is 99.0 Å². The normalized spacial score (nSPS) is 12.6. The summed E-state index contributed by atoms with van der Waals surface area (Å²) in [5.74, 6) is 1.63. The lowest BCUT2D eigenvalue weighted by Gasteiger charge is -2.17. The van der Waals surface area contributed by atoms with Gasteiger partial charge in [-0.25, -0.2) is 0 Å². The SMILES string of the molecule is CCC(C)CNc1ccccc1OC(C)C. The van der Waals surface area contributed by atoms with E-state index in [1.807, 2.05) is 32.0 Å². The first kappa shape index (κ1) is 12.9. The molecule has 1 aromatic carbocycles. The molecule has 0 aliphatic rings. The third-order valence-electron chi connectivity index (χ3n) is 2.59. The second kappa shape index (κ2) is 6.41.